The first kappa shape index (κ1) is 16.9. The molecule has 0 unspecified atom stereocenters. The molecule has 1 aromatic carbocycles. The summed E-state index contributed by atoms with van der Waals surface area (Å²) in [5.74, 6) is -0.489. The van der Waals surface area contributed by atoms with Gasteiger partial charge in [-0.1, -0.05) is 11.6 Å². The molecular formula is C13H18ClNO4S. The van der Waals surface area contributed by atoms with E-state index < -0.39 is 15.9 Å². The summed E-state index contributed by atoms with van der Waals surface area (Å²) >= 11 is 5.71. The summed E-state index contributed by atoms with van der Waals surface area (Å²) < 4.78 is 29.1. The number of sulfone groups is 1. The van der Waals surface area contributed by atoms with Crippen molar-refractivity contribution in [3.8, 4) is 0 Å². The summed E-state index contributed by atoms with van der Waals surface area (Å²) in [4.78, 5) is 11.7. The molecule has 0 aliphatic carbocycles. The molecule has 0 aromatic heterocycles. The van der Waals surface area contributed by atoms with Crippen LogP contribution in [0.25, 0.3) is 0 Å². The highest BCUT2D eigenvalue weighted by molar-refractivity contribution is 7.91. The third-order valence-electron chi connectivity index (χ3n) is 2.63. The van der Waals surface area contributed by atoms with Crippen molar-refractivity contribution in [1.82, 2.24) is 5.32 Å². The summed E-state index contributed by atoms with van der Waals surface area (Å²) in [6.45, 7) is 3.88. The van der Waals surface area contributed by atoms with Gasteiger partial charge >= 0.3 is 0 Å². The lowest BCUT2D eigenvalue weighted by atomic mass is 10.4. The number of carbonyl (C=O) groups excluding carboxylic acids is 1. The summed E-state index contributed by atoms with van der Waals surface area (Å²) in [6.07, 6.45) is -0.585. The van der Waals surface area contributed by atoms with Gasteiger partial charge in [0.1, 0.15) is 6.10 Å². The maximum atomic E-state index is 12.0. The fraction of sp³-hybridized carbons (Fsp3) is 0.462. The molecule has 0 fully saturated rings. The minimum Gasteiger partial charge on any atom is -0.369 e. The molecule has 5 nitrogen and oxygen atoms in total. The van der Waals surface area contributed by atoms with Gasteiger partial charge in [-0.3, -0.25) is 4.79 Å². The van der Waals surface area contributed by atoms with Gasteiger partial charge < -0.3 is 10.1 Å². The van der Waals surface area contributed by atoms with Crippen molar-refractivity contribution >= 4 is 27.3 Å². The van der Waals surface area contributed by atoms with Crippen LogP contribution in [0.4, 0.5) is 0 Å². The molecule has 0 aliphatic heterocycles. The van der Waals surface area contributed by atoms with Crippen LogP contribution in [0.3, 0.4) is 0 Å². The second kappa shape index (κ2) is 7.61. The standard InChI is InChI=1S/C13H18ClNO4S/c1-3-19-10(2)13(16)15-8-9-20(17,18)12-6-4-11(14)5-7-12/h4-7,10H,3,8-9H2,1-2H3,(H,15,16)/t10-/m0/s1. The number of hydrogen-bond acceptors (Lipinski definition) is 4. The molecule has 1 N–H and O–H groups in total. The average Bonchev–Trinajstić information content (AvgIpc) is 2.39. The summed E-state index contributed by atoms with van der Waals surface area (Å²) in [5.41, 5.74) is 0. The van der Waals surface area contributed by atoms with E-state index in [1.807, 2.05) is 0 Å². The smallest absolute Gasteiger partial charge is 0.248 e. The molecule has 1 atom stereocenters. The van der Waals surface area contributed by atoms with Gasteiger partial charge in [-0.2, -0.15) is 0 Å². The van der Waals surface area contributed by atoms with Crippen LogP contribution >= 0.6 is 11.6 Å². The van der Waals surface area contributed by atoms with E-state index in [-0.39, 0.29) is 23.1 Å². The first-order chi connectivity index (χ1) is 9.36. The molecule has 0 radical (unpaired) electrons. The lowest BCUT2D eigenvalue weighted by molar-refractivity contribution is -0.131. The van der Waals surface area contributed by atoms with Crippen LogP contribution in [0.2, 0.25) is 5.02 Å². The van der Waals surface area contributed by atoms with Crippen LogP contribution in [0.1, 0.15) is 13.8 Å². The zero-order valence-electron chi connectivity index (χ0n) is 11.4. The van der Waals surface area contributed by atoms with Gasteiger partial charge in [-0.05, 0) is 38.1 Å². The summed E-state index contributed by atoms with van der Waals surface area (Å²) in [5, 5.41) is 3.01. The van der Waals surface area contributed by atoms with E-state index in [1.165, 1.54) is 24.3 Å². The number of benzene rings is 1. The maximum Gasteiger partial charge on any atom is 0.248 e. The number of nitrogens with one attached hydrogen (secondary N) is 1. The molecule has 20 heavy (non-hydrogen) atoms. The van der Waals surface area contributed by atoms with Gasteiger partial charge in [0.2, 0.25) is 5.91 Å². The summed E-state index contributed by atoms with van der Waals surface area (Å²) in [7, 11) is -3.42. The molecule has 1 amide bonds. The lowest BCUT2D eigenvalue weighted by Crippen LogP contribution is -2.37. The van der Waals surface area contributed by atoms with Crippen molar-refractivity contribution in [3.63, 3.8) is 0 Å². The highest BCUT2D eigenvalue weighted by Gasteiger charge is 2.16. The lowest BCUT2D eigenvalue weighted by Gasteiger charge is -2.12. The van der Waals surface area contributed by atoms with Crippen LogP contribution in [0.5, 0.6) is 0 Å². The maximum absolute atomic E-state index is 12.0. The van der Waals surface area contributed by atoms with Gasteiger partial charge in [0.05, 0.1) is 10.6 Å². The predicted octanol–water partition coefficient (Wildman–Crippen LogP) is 1.65. The van der Waals surface area contributed by atoms with Crippen molar-refractivity contribution in [2.45, 2.75) is 24.8 Å². The average molecular weight is 320 g/mol. The first-order valence-corrected chi connectivity index (χ1v) is 8.27. The molecule has 112 valence electrons. The Kier molecular flexibility index (Phi) is 6.45. The third-order valence-corrected chi connectivity index (χ3v) is 4.61. The Morgan fingerprint density at radius 3 is 2.50 bits per heavy atom. The molecule has 0 saturated carbocycles. The largest absolute Gasteiger partial charge is 0.369 e. The Labute approximate surface area is 124 Å². The van der Waals surface area contributed by atoms with Crippen LogP contribution in [0, 0.1) is 0 Å². The summed E-state index contributed by atoms with van der Waals surface area (Å²) in [6, 6.07) is 5.93. The minimum absolute atomic E-state index is 0.0429. The van der Waals surface area contributed by atoms with E-state index in [0.29, 0.717) is 11.6 Å². The Balaban J connectivity index is 2.52. The Hall–Kier alpha value is -1.11. The van der Waals surface area contributed by atoms with Crippen LogP contribution < -0.4 is 5.32 Å². The fourth-order valence-electron chi connectivity index (χ4n) is 1.54. The van der Waals surface area contributed by atoms with Crippen LogP contribution in [0.15, 0.2) is 29.2 Å². The van der Waals surface area contributed by atoms with Gasteiger partial charge in [-0.15, -0.1) is 0 Å². The number of rotatable bonds is 7. The number of ether oxygens (including phenoxy) is 1. The molecule has 0 spiro atoms. The molecule has 0 saturated heterocycles. The number of amides is 1. The van der Waals surface area contributed by atoms with Crippen molar-refractivity contribution in [1.29, 1.82) is 0 Å². The zero-order chi connectivity index (χ0) is 15.2. The number of halogens is 1. The normalized spacial score (nSPS) is 12.9. The number of carbonyl (C=O) groups is 1. The molecule has 0 aliphatic rings. The number of hydrogen-bond donors (Lipinski definition) is 1. The molecule has 0 heterocycles. The monoisotopic (exact) mass is 319 g/mol. The minimum atomic E-state index is -3.42. The van der Waals surface area contributed by atoms with E-state index in [9.17, 15) is 13.2 Å². The van der Waals surface area contributed by atoms with Crippen molar-refractivity contribution < 1.29 is 17.9 Å². The highest BCUT2D eigenvalue weighted by Crippen LogP contribution is 2.15. The molecule has 1 aromatic rings. The highest BCUT2D eigenvalue weighted by atomic mass is 35.5. The SMILES string of the molecule is CCO[C@@H](C)C(=O)NCCS(=O)(=O)c1ccc(Cl)cc1. The predicted molar refractivity (Wildman–Crippen MR) is 77.6 cm³/mol. The van der Waals surface area contributed by atoms with Crippen molar-refractivity contribution in [2.24, 2.45) is 0 Å². The van der Waals surface area contributed by atoms with Crippen molar-refractivity contribution in [3.05, 3.63) is 29.3 Å². The van der Waals surface area contributed by atoms with Crippen molar-refractivity contribution in [2.75, 3.05) is 18.9 Å². The molecule has 0 bridgehead atoms. The Morgan fingerprint density at radius 2 is 1.95 bits per heavy atom. The molecule has 1 rings (SSSR count). The van der Waals surface area contributed by atoms with E-state index in [4.69, 9.17) is 16.3 Å². The van der Waals surface area contributed by atoms with E-state index in [1.54, 1.807) is 13.8 Å². The van der Waals surface area contributed by atoms with Gasteiger partial charge in [0, 0.05) is 18.2 Å². The van der Waals surface area contributed by atoms with E-state index in [0.717, 1.165) is 0 Å². The van der Waals surface area contributed by atoms with Crippen LogP contribution in [-0.4, -0.2) is 39.3 Å². The zero-order valence-corrected chi connectivity index (χ0v) is 13.0. The molecular weight excluding hydrogens is 302 g/mol. The second-order valence-electron chi connectivity index (χ2n) is 4.16. The first-order valence-electron chi connectivity index (χ1n) is 6.24. The Bertz CT molecular complexity index is 542. The topological polar surface area (TPSA) is 72.5 Å². The van der Waals surface area contributed by atoms with E-state index in [2.05, 4.69) is 5.32 Å². The van der Waals surface area contributed by atoms with E-state index >= 15 is 0 Å². The second-order valence-corrected chi connectivity index (χ2v) is 6.71. The van der Waals surface area contributed by atoms with Gasteiger partial charge in [-0.25, -0.2) is 8.42 Å². The fourth-order valence-corrected chi connectivity index (χ4v) is 2.82. The van der Waals surface area contributed by atoms with Gasteiger partial charge in [0.25, 0.3) is 0 Å². The van der Waals surface area contributed by atoms with Crippen LogP contribution in [-0.2, 0) is 19.4 Å². The third kappa shape index (κ3) is 5.11. The molecule has 7 heteroatoms. The quantitative estimate of drug-likeness (QED) is 0.829. The Morgan fingerprint density at radius 1 is 1.35 bits per heavy atom. The van der Waals surface area contributed by atoms with Gasteiger partial charge in [0.15, 0.2) is 9.84 Å².